The molecule has 0 atom stereocenters. The smallest absolute Gasteiger partial charge is 0.325 e. The van der Waals surface area contributed by atoms with Crippen LogP contribution in [0, 0.1) is 0 Å². The van der Waals surface area contributed by atoms with Gasteiger partial charge in [-0.05, 0) is 6.42 Å². The van der Waals surface area contributed by atoms with Crippen molar-refractivity contribution in [2.75, 3.05) is 24.6 Å². The molecule has 0 aromatic carbocycles. The fourth-order valence-electron chi connectivity index (χ4n) is 2.01. The van der Waals surface area contributed by atoms with Crippen molar-refractivity contribution in [1.29, 1.82) is 0 Å². The molecule has 9 nitrogen and oxygen atoms in total. The van der Waals surface area contributed by atoms with E-state index < -0.39 is 32.4 Å². The van der Waals surface area contributed by atoms with Crippen molar-refractivity contribution in [3.63, 3.8) is 0 Å². The van der Waals surface area contributed by atoms with E-state index in [9.17, 15) is 21.6 Å². The minimum atomic E-state index is -3.86. The fraction of sp³-hybridized carbons (Fsp3) is 0.600. The van der Waals surface area contributed by atoms with E-state index in [0.717, 1.165) is 21.4 Å². The fourth-order valence-corrected chi connectivity index (χ4v) is 4.83. The molecule has 0 aliphatic carbocycles. The van der Waals surface area contributed by atoms with Crippen LogP contribution >= 0.6 is 0 Å². The number of carbonyl (C=O) groups is 1. The van der Waals surface area contributed by atoms with Gasteiger partial charge in [0.2, 0.25) is 10.0 Å². The van der Waals surface area contributed by atoms with Crippen molar-refractivity contribution in [3.05, 3.63) is 12.4 Å². The van der Waals surface area contributed by atoms with Gasteiger partial charge in [-0.15, -0.1) is 0 Å². The van der Waals surface area contributed by atoms with Gasteiger partial charge in [-0.3, -0.25) is 9.48 Å². The van der Waals surface area contributed by atoms with Crippen molar-refractivity contribution in [2.45, 2.75) is 17.9 Å². The summed E-state index contributed by atoms with van der Waals surface area (Å²) < 4.78 is 49.9. The molecule has 1 saturated heterocycles. The molecule has 1 aromatic rings. The van der Waals surface area contributed by atoms with Crippen LogP contribution in [0.3, 0.4) is 0 Å². The molecule has 1 aromatic heterocycles. The third-order valence-electron chi connectivity index (χ3n) is 3.06. The molecule has 0 unspecified atom stereocenters. The van der Waals surface area contributed by atoms with Crippen LogP contribution < -0.4 is 0 Å². The summed E-state index contributed by atoms with van der Waals surface area (Å²) in [4.78, 5) is 10.4. The second-order valence-corrected chi connectivity index (χ2v) is 8.92. The van der Waals surface area contributed by atoms with Crippen molar-refractivity contribution in [3.8, 4) is 0 Å². The highest BCUT2D eigenvalue weighted by atomic mass is 32.2. The zero-order valence-electron chi connectivity index (χ0n) is 11.0. The van der Waals surface area contributed by atoms with Gasteiger partial charge in [0.15, 0.2) is 9.84 Å². The first kappa shape index (κ1) is 15.9. The van der Waals surface area contributed by atoms with Crippen LogP contribution in [0.2, 0.25) is 0 Å². The Morgan fingerprint density at radius 1 is 1.33 bits per heavy atom. The van der Waals surface area contributed by atoms with E-state index in [4.69, 9.17) is 5.11 Å². The van der Waals surface area contributed by atoms with Crippen molar-refractivity contribution >= 4 is 25.8 Å². The lowest BCUT2D eigenvalue weighted by atomic mass is 10.5. The molecule has 0 saturated carbocycles. The maximum atomic E-state index is 12.4. The number of hydrogen-bond donors (Lipinski definition) is 1. The number of nitrogens with zero attached hydrogens (tertiary/aromatic N) is 3. The number of rotatable bonds is 4. The molecule has 21 heavy (non-hydrogen) atoms. The van der Waals surface area contributed by atoms with Gasteiger partial charge >= 0.3 is 5.97 Å². The molecule has 0 radical (unpaired) electrons. The first-order chi connectivity index (χ1) is 9.71. The van der Waals surface area contributed by atoms with Crippen molar-refractivity contribution in [2.24, 2.45) is 0 Å². The van der Waals surface area contributed by atoms with E-state index in [1.165, 1.54) is 0 Å². The van der Waals surface area contributed by atoms with Gasteiger partial charge in [0.05, 0.1) is 17.7 Å². The van der Waals surface area contributed by atoms with Gasteiger partial charge < -0.3 is 5.11 Å². The average molecular weight is 337 g/mol. The van der Waals surface area contributed by atoms with Crippen LogP contribution in [0.1, 0.15) is 6.42 Å². The molecule has 0 spiro atoms. The number of sulfone groups is 1. The first-order valence-corrected chi connectivity index (χ1v) is 9.42. The molecule has 2 rings (SSSR count). The Morgan fingerprint density at radius 2 is 2.05 bits per heavy atom. The summed E-state index contributed by atoms with van der Waals surface area (Å²) in [5.41, 5.74) is 0. The third-order valence-corrected chi connectivity index (χ3v) is 6.63. The number of sulfonamides is 1. The minimum Gasteiger partial charge on any atom is -0.480 e. The lowest BCUT2D eigenvalue weighted by Gasteiger charge is -2.17. The van der Waals surface area contributed by atoms with Crippen LogP contribution in [-0.4, -0.2) is 66.6 Å². The Kier molecular flexibility index (Phi) is 4.35. The molecular weight excluding hydrogens is 322 g/mol. The third kappa shape index (κ3) is 3.80. The first-order valence-electron chi connectivity index (χ1n) is 6.15. The van der Waals surface area contributed by atoms with Crippen molar-refractivity contribution < 1.29 is 26.7 Å². The highest BCUT2D eigenvalue weighted by molar-refractivity contribution is 7.91. The van der Waals surface area contributed by atoms with E-state index >= 15 is 0 Å². The predicted molar refractivity (Wildman–Crippen MR) is 71.9 cm³/mol. The lowest BCUT2D eigenvalue weighted by Crippen LogP contribution is -2.33. The van der Waals surface area contributed by atoms with E-state index in [-0.39, 0.29) is 35.9 Å². The largest absolute Gasteiger partial charge is 0.480 e. The van der Waals surface area contributed by atoms with E-state index in [1.807, 2.05) is 0 Å². The van der Waals surface area contributed by atoms with Crippen LogP contribution in [-0.2, 0) is 31.2 Å². The number of carboxylic acids is 1. The van der Waals surface area contributed by atoms with Gasteiger partial charge in [0, 0.05) is 19.3 Å². The second kappa shape index (κ2) is 5.73. The van der Waals surface area contributed by atoms with Crippen molar-refractivity contribution in [1.82, 2.24) is 14.1 Å². The summed E-state index contributed by atoms with van der Waals surface area (Å²) in [7, 11) is -7.07. The summed E-state index contributed by atoms with van der Waals surface area (Å²) in [5, 5.41) is 12.3. The molecule has 2 heterocycles. The highest BCUT2D eigenvalue weighted by Crippen LogP contribution is 2.17. The van der Waals surface area contributed by atoms with Crippen LogP contribution in [0.25, 0.3) is 0 Å². The molecule has 1 aliphatic heterocycles. The summed E-state index contributed by atoms with van der Waals surface area (Å²) in [6, 6.07) is 0. The minimum absolute atomic E-state index is 0.0305. The summed E-state index contributed by atoms with van der Waals surface area (Å²) in [6.07, 6.45) is 2.44. The molecule has 0 bridgehead atoms. The maximum absolute atomic E-state index is 12.4. The number of aromatic nitrogens is 2. The predicted octanol–water partition coefficient (Wildman–Crippen LogP) is -1.22. The lowest BCUT2D eigenvalue weighted by molar-refractivity contribution is -0.137. The Morgan fingerprint density at radius 3 is 2.71 bits per heavy atom. The zero-order chi connectivity index (χ0) is 15.7. The Labute approximate surface area is 122 Å². The number of aliphatic carboxylic acids is 1. The SMILES string of the molecule is O=C(O)Cn1cc(S(=O)(=O)N2CCCS(=O)(=O)CC2)cn1. The van der Waals surface area contributed by atoms with Gasteiger partial charge in [0.25, 0.3) is 0 Å². The topological polar surface area (TPSA) is 127 Å². The van der Waals surface area contributed by atoms with Gasteiger partial charge in [-0.25, -0.2) is 16.8 Å². The summed E-state index contributed by atoms with van der Waals surface area (Å²) in [6.45, 7) is -0.426. The second-order valence-electron chi connectivity index (χ2n) is 4.68. The normalized spacial score (nSPS) is 20.0. The number of hydrogen-bond acceptors (Lipinski definition) is 6. The Hall–Kier alpha value is -1.46. The standard InChI is InChI=1S/C10H15N3O6S2/c14-10(15)8-12-7-9(6-11-12)21(18,19)13-2-1-4-20(16,17)5-3-13/h6-7H,1-5,8H2,(H,14,15). The maximum Gasteiger partial charge on any atom is 0.325 e. The summed E-state index contributed by atoms with van der Waals surface area (Å²) >= 11 is 0. The van der Waals surface area contributed by atoms with E-state index in [1.54, 1.807) is 0 Å². The molecule has 1 aliphatic rings. The quantitative estimate of drug-likeness (QED) is 0.729. The Bertz CT molecular complexity index is 737. The Balaban J connectivity index is 2.21. The van der Waals surface area contributed by atoms with Gasteiger partial charge in [-0.1, -0.05) is 0 Å². The average Bonchev–Trinajstić information content (AvgIpc) is 2.73. The molecule has 0 amide bonds. The van der Waals surface area contributed by atoms with Gasteiger partial charge in [-0.2, -0.15) is 9.40 Å². The van der Waals surface area contributed by atoms with Gasteiger partial charge in [0.1, 0.15) is 11.4 Å². The highest BCUT2D eigenvalue weighted by Gasteiger charge is 2.30. The monoisotopic (exact) mass is 337 g/mol. The van der Waals surface area contributed by atoms with Crippen LogP contribution in [0.5, 0.6) is 0 Å². The van der Waals surface area contributed by atoms with Crippen LogP contribution in [0.4, 0.5) is 0 Å². The molecule has 11 heteroatoms. The molecule has 1 N–H and O–H groups in total. The number of carboxylic acid groups (broad SMARTS) is 1. The van der Waals surface area contributed by atoms with E-state index in [0.29, 0.717) is 0 Å². The zero-order valence-corrected chi connectivity index (χ0v) is 12.7. The summed E-state index contributed by atoms with van der Waals surface area (Å²) in [5.74, 6) is -1.38. The molecule has 118 valence electrons. The van der Waals surface area contributed by atoms with E-state index in [2.05, 4.69) is 5.10 Å². The molecule has 1 fully saturated rings. The van der Waals surface area contributed by atoms with Crippen LogP contribution in [0.15, 0.2) is 17.3 Å². The molecular formula is C10H15N3O6S2.